The van der Waals surface area contributed by atoms with Gasteiger partial charge in [-0.05, 0) is 26.7 Å². The Morgan fingerprint density at radius 1 is 1.15 bits per heavy atom. The molecule has 5 nitrogen and oxygen atoms in total. The third kappa shape index (κ3) is 2.98. The second-order valence-electron chi connectivity index (χ2n) is 4.96. The van der Waals surface area contributed by atoms with E-state index in [9.17, 15) is 0 Å². The molecule has 20 heavy (non-hydrogen) atoms. The molecule has 5 heteroatoms. The van der Waals surface area contributed by atoms with E-state index in [4.69, 9.17) is 4.98 Å². The van der Waals surface area contributed by atoms with E-state index in [2.05, 4.69) is 36.1 Å². The maximum absolute atomic E-state index is 4.71. The van der Waals surface area contributed by atoms with Crippen LogP contribution in [0, 0.1) is 13.8 Å². The fourth-order valence-electron chi connectivity index (χ4n) is 2.14. The molecule has 2 aromatic heterocycles. The van der Waals surface area contributed by atoms with Crippen LogP contribution < -0.4 is 5.32 Å². The number of aryl methyl sites for hydroxylation is 2. The molecule has 0 aliphatic carbocycles. The normalized spacial score (nSPS) is 10.8. The fourth-order valence-corrected chi connectivity index (χ4v) is 2.14. The van der Waals surface area contributed by atoms with Crippen LogP contribution >= 0.6 is 0 Å². The Morgan fingerprint density at radius 3 is 2.55 bits per heavy atom. The third-order valence-electron chi connectivity index (χ3n) is 3.24. The summed E-state index contributed by atoms with van der Waals surface area (Å²) in [4.78, 5) is 13.6. The van der Waals surface area contributed by atoms with Gasteiger partial charge < -0.3 is 5.32 Å². The van der Waals surface area contributed by atoms with Gasteiger partial charge in [-0.15, -0.1) is 0 Å². The molecule has 0 aliphatic rings. The van der Waals surface area contributed by atoms with E-state index in [1.807, 2.05) is 17.7 Å². The van der Waals surface area contributed by atoms with Crippen molar-refractivity contribution in [2.45, 2.75) is 47.0 Å². The van der Waals surface area contributed by atoms with Crippen LogP contribution in [0.3, 0.4) is 0 Å². The van der Waals surface area contributed by atoms with Gasteiger partial charge in [-0.1, -0.05) is 13.8 Å². The molecule has 0 bridgehead atoms. The molecule has 0 aliphatic heterocycles. The molecule has 0 radical (unpaired) electrons. The van der Waals surface area contributed by atoms with Gasteiger partial charge in [0, 0.05) is 30.9 Å². The van der Waals surface area contributed by atoms with Crippen LogP contribution in [0.4, 0.5) is 5.82 Å². The minimum absolute atomic E-state index is 0.889. The summed E-state index contributed by atoms with van der Waals surface area (Å²) in [7, 11) is 0. The summed E-state index contributed by atoms with van der Waals surface area (Å²) in [6.07, 6.45) is 6.76. The van der Waals surface area contributed by atoms with E-state index in [0.717, 1.165) is 54.7 Å². The molecule has 0 saturated carbocycles. The number of hydrogen-bond donors (Lipinski definition) is 1. The van der Waals surface area contributed by atoms with E-state index in [-0.39, 0.29) is 0 Å². The number of hydrogen-bond acceptors (Lipinski definition) is 4. The zero-order valence-corrected chi connectivity index (χ0v) is 12.8. The van der Waals surface area contributed by atoms with Crippen molar-refractivity contribution in [3.63, 3.8) is 0 Å². The number of aromatic nitrogens is 4. The molecule has 0 aromatic carbocycles. The summed E-state index contributed by atoms with van der Waals surface area (Å²) in [5.41, 5.74) is 1.07. The maximum atomic E-state index is 4.71. The largest absolute Gasteiger partial charge is 0.370 e. The van der Waals surface area contributed by atoms with Crippen molar-refractivity contribution in [3.8, 4) is 5.82 Å². The quantitative estimate of drug-likeness (QED) is 0.879. The number of nitrogens with zero attached hydrogens (tertiary/aromatic N) is 4. The number of nitrogens with one attached hydrogen (secondary N) is 1. The van der Waals surface area contributed by atoms with Crippen molar-refractivity contribution in [2.75, 3.05) is 11.9 Å². The second-order valence-corrected chi connectivity index (χ2v) is 4.96. The predicted octanol–water partition coefficient (Wildman–Crippen LogP) is 3.05. The fraction of sp³-hybridized carbons (Fsp3) is 0.533. The van der Waals surface area contributed by atoms with Crippen LogP contribution in [0.5, 0.6) is 0 Å². The molecule has 2 aromatic rings. The van der Waals surface area contributed by atoms with Crippen molar-refractivity contribution in [1.82, 2.24) is 19.5 Å². The lowest BCUT2D eigenvalue weighted by molar-refractivity contribution is 0.801. The first kappa shape index (κ1) is 14.5. The first-order valence-corrected chi connectivity index (χ1v) is 7.29. The highest BCUT2D eigenvalue weighted by Gasteiger charge is 2.13. The maximum Gasteiger partial charge on any atom is 0.146 e. The summed E-state index contributed by atoms with van der Waals surface area (Å²) < 4.78 is 2.02. The molecule has 0 saturated heterocycles. The summed E-state index contributed by atoms with van der Waals surface area (Å²) >= 11 is 0. The van der Waals surface area contributed by atoms with Gasteiger partial charge in [0.25, 0.3) is 0 Å². The Kier molecular flexibility index (Phi) is 4.71. The second kappa shape index (κ2) is 6.50. The zero-order chi connectivity index (χ0) is 14.5. The lowest BCUT2D eigenvalue weighted by Crippen LogP contribution is -2.12. The number of rotatable bonds is 6. The van der Waals surface area contributed by atoms with Gasteiger partial charge in [-0.3, -0.25) is 4.57 Å². The van der Waals surface area contributed by atoms with E-state index >= 15 is 0 Å². The number of imidazole rings is 1. The van der Waals surface area contributed by atoms with E-state index in [1.165, 1.54) is 0 Å². The first-order valence-electron chi connectivity index (χ1n) is 7.29. The van der Waals surface area contributed by atoms with Crippen molar-refractivity contribution >= 4 is 5.82 Å². The average molecular weight is 273 g/mol. The molecule has 1 N–H and O–H groups in total. The lowest BCUT2D eigenvalue weighted by Gasteiger charge is -2.14. The van der Waals surface area contributed by atoms with Crippen LogP contribution in [0.1, 0.15) is 43.9 Å². The lowest BCUT2D eigenvalue weighted by atomic mass is 10.2. The number of anilines is 1. The minimum atomic E-state index is 0.889. The van der Waals surface area contributed by atoms with Crippen LogP contribution in [-0.4, -0.2) is 26.1 Å². The molecule has 2 rings (SSSR count). The molecular formula is C15H23N5. The molecule has 0 unspecified atom stereocenters. The van der Waals surface area contributed by atoms with E-state index < -0.39 is 0 Å². The van der Waals surface area contributed by atoms with Gasteiger partial charge in [0.2, 0.25) is 0 Å². The molecule has 108 valence electrons. The molecule has 0 atom stereocenters. The molecule has 2 heterocycles. The average Bonchev–Trinajstić information content (AvgIpc) is 2.85. The van der Waals surface area contributed by atoms with Crippen LogP contribution in [0.15, 0.2) is 12.4 Å². The van der Waals surface area contributed by atoms with Crippen LogP contribution in [0.2, 0.25) is 0 Å². The Bertz CT molecular complexity index is 574. The Morgan fingerprint density at radius 2 is 1.95 bits per heavy atom. The first-order chi connectivity index (χ1) is 9.67. The van der Waals surface area contributed by atoms with Crippen molar-refractivity contribution < 1.29 is 0 Å². The summed E-state index contributed by atoms with van der Waals surface area (Å²) in [6.45, 7) is 9.26. The highest BCUT2D eigenvalue weighted by atomic mass is 15.2. The van der Waals surface area contributed by atoms with E-state index in [0.29, 0.717) is 0 Å². The molecule has 0 amide bonds. The monoisotopic (exact) mass is 273 g/mol. The molecule has 0 spiro atoms. The van der Waals surface area contributed by atoms with Crippen molar-refractivity contribution in [2.24, 2.45) is 0 Å². The SMILES string of the molecule is CCCNc1nc(CCC)nc(-n2ccnc2C)c1C. The van der Waals surface area contributed by atoms with Gasteiger partial charge in [0.1, 0.15) is 23.3 Å². The summed E-state index contributed by atoms with van der Waals surface area (Å²) in [5, 5.41) is 3.40. The zero-order valence-electron chi connectivity index (χ0n) is 12.8. The Balaban J connectivity index is 2.48. The van der Waals surface area contributed by atoms with Crippen molar-refractivity contribution in [3.05, 3.63) is 29.6 Å². The highest BCUT2D eigenvalue weighted by molar-refractivity contribution is 5.52. The third-order valence-corrected chi connectivity index (χ3v) is 3.24. The standard InChI is InChI=1S/C15H23N5/c1-5-7-13-18-14(17-8-6-2)11(3)15(19-13)20-10-9-16-12(20)4/h9-10H,5-8H2,1-4H3,(H,17,18,19). The molecule has 0 fully saturated rings. The predicted molar refractivity (Wildman–Crippen MR) is 81.4 cm³/mol. The molecular weight excluding hydrogens is 250 g/mol. The summed E-state index contributed by atoms with van der Waals surface area (Å²) in [5.74, 6) is 3.70. The Labute approximate surface area is 120 Å². The Hall–Kier alpha value is -1.91. The smallest absolute Gasteiger partial charge is 0.146 e. The van der Waals surface area contributed by atoms with Crippen LogP contribution in [0.25, 0.3) is 5.82 Å². The van der Waals surface area contributed by atoms with Gasteiger partial charge in [-0.2, -0.15) is 0 Å². The van der Waals surface area contributed by atoms with Gasteiger partial charge in [0.05, 0.1) is 0 Å². The highest BCUT2D eigenvalue weighted by Crippen LogP contribution is 2.20. The topological polar surface area (TPSA) is 55.6 Å². The van der Waals surface area contributed by atoms with Gasteiger partial charge in [-0.25, -0.2) is 15.0 Å². The van der Waals surface area contributed by atoms with Gasteiger partial charge in [0.15, 0.2) is 0 Å². The van der Waals surface area contributed by atoms with Gasteiger partial charge >= 0.3 is 0 Å². The summed E-state index contributed by atoms with van der Waals surface area (Å²) in [6, 6.07) is 0. The van der Waals surface area contributed by atoms with Crippen molar-refractivity contribution in [1.29, 1.82) is 0 Å². The van der Waals surface area contributed by atoms with E-state index in [1.54, 1.807) is 6.20 Å². The minimum Gasteiger partial charge on any atom is -0.370 e. The van der Waals surface area contributed by atoms with Crippen LogP contribution in [-0.2, 0) is 6.42 Å².